The number of carbonyl (C=O) groups excluding carboxylic acids is 1. The molecule has 1 fully saturated rings. The Morgan fingerprint density at radius 2 is 1.75 bits per heavy atom. The summed E-state index contributed by atoms with van der Waals surface area (Å²) in [5, 5.41) is 4.05. The molecule has 0 bridgehead atoms. The van der Waals surface area contributed by atoms with Crippen molar-refractivity contribution in [3.63, 3.8) is 0 Å². The van der Waals surface area contributed by atoms with Gasteiger partial charge in [-0.2, -0.15) is 0 Å². The van der Waals surface area contributed by atoms with E-state index in [1.54, 1.807) is 12.3 Å². The average molecular weight is 423 g/mol. The molecule has 32 heavy (non-hydrogen) atoms. The van der Waals surface area contributed by atoms with E-state index in [0.717, 1.165) is 34.4 Å². The second kappa shape index (κ2) is 8.89. The van der Waals surface area contributed by atoms with Crippen molar-refractivity contribution in [3.8, 4) is 11.3 Å². The topological polar surface area (TPSA) is 58.1 Å². The number of fused-ring (bicyclic) bond motifs is 1. The number of hydrogen-bond donors (Lipinski definition) is 1. The van der Waals surface area contributed by atoms with Crippen molar-refractivity contribution in [1.82, 2.24) is 14.9 Å². The molecule has 160 valence electrons. The molecule has 4 aromatic rings. The molecule has 1 amide bonds. The molecule has 0 saturated carbocycles. The van der Waals surface area contributed by atoms with Crippen LogP contribution in [0.3, 0.4) is 0 Å². The fourth-order valence-corrected chi connectivity index (χ4v) is 4.16. The van der Waals surface area contributed by atoms with Gasteiger partial charge in [-0.05, 0) is 68.8 Å². The van der Waals surface area contributed by atoms with Crippen molar-refractivity contribution in [1.29, 1.82) is 0 Å². The van der Waals surface area contributed by atoms with Crippen molar-refractivity contribution in [2.75, 3.05) is 18.4 Å². The number of anilines is 1. The van der Waals surface area contributed by atoms with E-state index in [1.165, 1.54) is 37.1 Å². The van der Waals surface area contributed by atoms with Crippen LogP contribution in [0.5, 0.6) is 0 Å². The molecule has 1 saturated heterocycles. The average Bonchev–Trinajstić information content (AvgIpc) is 3.33. The first kappa shape index (κ1) is 20.3. The Balaban J connectivity index is 1.28. The van der Waals surface area contributed by atoms with Crippen LogP contribution < -0.4 is 5.32 Å². The van der Waals surface area contributed by atoms with Crippen LogP contribution in [0.25, 0.3) is 22.2 Å². The molecule has 0 spiro atoms. The first-order valence-electron chi connectivity index (χ1n) is 11.1. The van der Waals surface area contributed by atoms with Crippen molar-refractivity contribution in [3.05, 3.63) is 89.7 Å². The van der Waals surface area contributed by atoms with Gasteiger partial charge in [-0.3, -0.25) is 19.7 Å². The van der Waals surface area contributed by atoms with Gasteiger partial charge in [0.05, 0.1) is 16.8 Å². The summed E-state index contributed by atoms with van der Waals surface area (Å²) in [6.45, 7) is 5.35. The van der Waals surface area contributed by atoms with Crippen molar-refractivity contribution in [2.24, 2.45) is 0 Å². The van der Waals surface area contributed by atoms with Crippen LogP contribution >= 0.6 is 0 Å². The first-order valence-corrected chi connectivity index (χ1v) is 11.1. The Morgan fingerprint density at radius 3 is 2.50 bits per heavy atom. The molecule has 2 aromatic carbocycles. The summed E-state index contributed by atoms with van der Waals surface area (Å²) in [6, 6.07) is 19.9. The van der Waals surface area contributed by atoms with Crippen LogP contribution in [0.2, 0.25) is 0 Å². The molecule has 5 heteroatoms. The fraction of sp³-hybridized carbons (Fsp3) is 0.222. The SMILES string of the molecule is Cc1ccc(-c2ccc(C(=O)Nc3ccc4cc(CN5CCCC5)cnc4c3)cn2)cc1. The van der Waals surface area contributed by atoms with Gasteiger partial charge in [0.15, 0.2) is 0 Å². The molecule has 0 aliphatic carbocycles. The third kappa shape index (κ3) is 4.53. The van der Waals surface area contributed by atoms with Crippen LogP contribution in [-0.4, -0.2) is 33.9 Å². The van der Waals surface area contributed by atoms with E-state index >= 15 is 0 Å². The normalized spacial score (nSPS) is 14.0. The zero-order valence-corrected chi connectivity index (χ0v) is 18.2. The number of nitrogens with one attached hydrogen (secondary N) is 1. The lowest BCUT2D eigenvalue weighted by atomic mass is 10.1. The molecular weight excluding hydrogens is 396 g/mol. The van der Waals surface area contributed by atoms with Gasteiger partial charge in [0.2, 0.25) is 0 Å². The molecule has 0 unspecified atom stereocenters. The smallest absolute Gasteiger partial charge is 0.257 e. The number of carbonyl (C=O) groups is 1. The van der Waals surface area contributed by atoms with E-state index in [2.05, 4.69) is 45.3 Å². The summed E-state index contributed by atoms with van der Waals surface area (Å²) in [5.74, 6) is -0.182. The molecule has 5 nitrogen and oxygen atoms in total. The lowest BCUT2D eigenvalue weighted by Gasteiger charge is -2.14. The molecule has 0 radical (unpaired) electrons. The number of hydrogen-bond acceptors (Lipinski definition) is 4. The Labute approximate surface area is 188 Å². The van der Waals surface area contributed by atoms with E-state index in [0.29, 0.717) is 5.56 Å². The number of pyridine rings is 2. The zero-order chi connectivity index (χ0) is 21.9. The van der Waals surface area contributed by atoms with Crippen molar-refractivity contribution >= 4 is 22.5 Å². The Hall–Kier alpha value is -3.57. The summed E-state index contributed by atoms with van der Waals surface area (Å²) >= 11 is 0. The van der Waals surface area contributed by atoms with E-state index in [4.69, 9.17) is 0 Å². The van der Waals surface area contributed by atoms with Gasteiger partial charge in [0.1, 0.15) is 0 Å². The molecule has 5 rings (SSSR count). The number of nitrogens with zero attached hydrogens (tertiary/aromatic N) is 3. The largest absolute Gasteiger partial charge is 0.322 e. The zero-order valence-electron chi connectivity index (χ0n) is 18.2. The van der Waals surface area contributed by atoms with Gasteiger partial charge in [-0.25, -0.2) is 0 Å². The Kier molecular flexibility index (Phi) is 5.65. The minimum atomic E-state index is -0.182. The van der Waals surface area contributed by atoms with Gasteiger partial charge in [-0.15, -0.1) is 0 Å². The fourth-order valence-electron chi connectivity index (χ4n) is 4.16. The third-order valence-electron chi connectivity index (χ3n) is 5.98. The first-order chi connectivity index (χ1) is 15.6. The molecule has 3 heterocycles. The number of aromatic nitrogens is 2. The lowest BCUT2D eigenvalue weighted by molar-refractivity contribution is 0.102. The number of benzene rings is 2. The predicted octanol–water partition coefficient (Wildman–Crippen LogP) is 5.45. The maximum Gasteiger partial charge on any atom is 0.257 e. The van der Waals surface area contributed by atoms with Gasteiger partial charge in [-0.1, -0.05) is 35.9 Å². The highest BCUT2D eigenvalue weighted by atomic mass is 16.1. The highest BCUT2D eigenvalue weighted by Gasteiger charge is 2.13. The number of likely N-dealkylation sites (tertiary alicyclic amines) is 1. The molecular formula is C27H26N4O. The maximum atomic E-state index is 12.7. The summed E-state index contributed by atoms with van der Waals surface area (Å²) in [6.07, 6.45) is 6.14. The molecule has 1 N–H and O–H groups in total. The molecule has 0 atom stereocenters. The van der Waals surface area contributed by atoms with Crippen molar-refractivity contribution < 1.29 is 4.79 Å². The van der Waals surface area contributed by atoms with Gasteiger partial charge in [0, 0.05) is 35.6 Å². The number of rotatable bonds is 5. The molecule has 1 aliphatic rings. The summed E-state index contributed by atoms with van der Waals surface area (Å²) in [7, 11) is 0. The van der Waals surface area contributed by atoms with Crippen LogP contribution in [0, 0.1) is 6.92 Å². The van der Waals surface area contributed by atoms with E-state index in [9.17, 15) is 4.79 Å². The molecule has 2 aromatic heterocycles. The second-order valence-corrected chi connectivity index (χ2v) is 8.49. The number of aryl methyl sites for hydroxylation is 1. The minimum Gasteiger partial charge on any atom is -0.322 e. The van der Waals surface area contributed by atoms with Crippen molar-refractivity contribution in [2.45, 2.75) is 26.3 Å². The predicted molar refractivity (Wildman–Crippen MR) is 129 cm³/mol. The summed E-state index contributed by atoms with van der Waals surface area (Å²) in [5.41, 5.74) is 6.45. The standard InChI is InChI=1S/C27H26N4O/c1-19-4-6-21(7-5-19)25-11-9-23(17-29-25)27(32)30-24-10-8-22-14-20(16-28-26(22)15-24)18-31-12-2-3-13-31/h4-11,14-17H,2-3,12-13,18H2,1H3,(H,30,32). The Morgan fingerprint density at radius 1 is 0.938 bits per heavy atom. The summed E-state index contributed by atoms with van der Waals surface area (Å²) < 4.78 is 0. The monoisotopic (exact) mass is 422 g/mol. The summed E-state index contributed by atoms with van der Waals surface area (Å²) in [4.78, 5) is 24.3. The third-order valence-corrected chi connectivity index (χ3v) is 5.98. The minimum absolute atomic E-state index is 0.182. The van der Waals surface area contributed by atoms with Gasteiger partial charge >= 0.3 is 0 Å². The van der Waals surface area contributed by atoms with Crippen LogP contribution in [0.4, 0.5) is 5.69 Å². The van der Waals surface area contributed by atoms with E-state index in [1.807, 2.05) is 42.6 Å². The molecule has 1 aliphatic heterocycles. The van der Waals surface area contributed by atoms with Gasteiger partial charge < -0.3 is 5.32 Å². The van der Waals surface area contributed by atoms with Gasteiger partial charge in [0.25, 0.3) is 5.91 Å². The Bertz CT molecular complexity index is 1240. The lowest BCUT2D eigenvalue weighted by Crippen LogP contribution is -2.18. The van der Waals surface area contributed by atoms with Crippen LogP contribution in [0.1, 0.15) is 34.3 Å². The number of amides is 1. The second-order valence-electron chi connectivity index (χ2n) is 8.49. The maximum absolute atomic E-state index is 12.7. The highest BCUT2D eigenvalue weighted by Crippen LogP contribution is 2.22. The van der Waals surface area contributed by atoms with E-state index < -0.39 is 0 Å². The quantitative estimate of drug-likeness (QED) is 0.464. The highest BCUT2D eigenvalue weighted by molar-refractivity contribution is 6.05. The van der Waals surface area contributed by atoms with Crippen LogP contribution in [0.15, 0.2) is 73.1 Å². The van der Waals surface area contributed by atoms with Crippen LogP contribution in [-0.2, 0) is 6.54 Å². The van der Waals surface area contributed by atoms with E-state index in [-0.39, 0.29) is 5.91 Å².